The monoisotopic (exact) mass is 183 g/mol. The molecule has 1 N–H and O–H groups in total. The molecule has 0 bridgehead atoms. The van der Waals surface area contributed by atoms with Gasteiger partial charge in [-0.2, -0.15) is 0 Å². The largest absolute Gasteiger partial charge is 0.463 e. The van der Waals surface area contributed by atoms with Crippen molar-refractivity contribution in [1.82, 2.24) is 5.32 Å². The lowest BCUT2D eigenvalue weighted by atomic mass is 10.1. The van der Waals surface area contributed by atoms with E-state index < -0.39 is 0 Å². The molecule has 1 unspecified atom stereocenters. The normalized spacial score (nSPS) is 22.4. The van der Waals surface area contributed by atoms with Gasteiger partial charge in [-0.05, 0) is 32.7 Å². The predicted octanol–water partition coefficient (Wildman–Crippen LogP) is 1.25. The molecule has 1 fully saturated rings. The molecule has 0 aliphatic carbocycles. The quantitative estimate of drug-likeness (QED) is 0.526. The SMILES string of the molecule is CCOC(=O)/C=C/CC1CCCN1. The highest BCUT2D eigenvalue weighted by Crippen LogP contribution is 2.08. The summed E-state index contributed by atoms with van der Waals surface area (Å²) in [5, 5.41) is 3.36. The number of carbonyl (C=O) groups excluding carboxylic acids is 1. The zero-order chi connectivity index (χ0) is 9.52. The summed E-state index contributed by atoms with van der Waals surface area (Å²) in [6.45, 7) is 3.37. The minimum absolute atomic E-state index is 0.236. The van der Waals surface area contributed by atoms with Gasteiger partial charge in [0.25, 0.3) is 0 Å². The molecule has 3 nitrogen and oxygen atoms in total. The van der Waals surface area contributed by atoms with Crippen LogP contribution in [0.5, 0.6) is 0 Å². The van der Waals surface area contributed by atoms with Crippen LogP contribution < -0.4 is 5.32 Å². The molecule has 0 aromatic rings. The van der Waals surface area contributed by atoms with Gasteiger partial charge in [0.2, 0.25) is 0 Å². The van der Waals surface area contributed by atoms with Crippen LogP contribution in [0.2, 0.25) is 0 Å². The van der Waals surface area contributed by atoms with Gasteiger partial charge in [-0.1, -0.05) is 6.08 Å². The molecule has 1 heterocycles. The first-order chi connectivity index (χ1) is 6.33. The van der Waals surface area contributed by atoms with Gasteiger partial charge in [0.15, 0.2) is 0 Å². The van der Waals surface area contributed by atoms with Crippen LogP contribution in [0, 0.1) is 0 Å². The number of carbonyl (C=O) groups is 1. The van der Waals surface area contributed by atoms with E-state index in [1.807, 2.05) is 13.0 Å². The van der Waals surface area contributed by atoms with Gasteiger partial charge in [0.05, 0.1) is 6.61 Å². The highest BCUT2D eigenvalue weighted by molar-refractivity contribution is 5.81. The van der Waals surface area contributed by atoms with E-state index in [9.17, 15) is 4.79 Å². The van der Waals surface area contributed by atoms with Gasteiger partial charge in [-0.3, -0.25) is 0 Å². The van der Waals surface area contributed by atoms with Crippen LogP contribution in [-0.2, 0) is 9.53 Å². The average molecular weight is 183 g/mol. The van der Waals surface area contributed by atoms with Gasteiger partial charge in [0, 0.05) is 12.1 Å². The molecule has 13 heavy (non-hydrogen) atoms. The van der Waals surface area contributed by atoms with E-state index in [4.69, 9.17) is 4.74 Å². The van der Waals surface area contributed by atoms with Crippen molar-refractivity contribution in [3.8, 4) is 0 Å². The van der Waals surface area contributed by atoms with Gasteiger partial charge in [-0.25, -0.2) is 4.79 Å². The van der Waals surface area contributed by atoms with Crippen LogP contribution in [0.3, 0.4) is 0 Å². The second kappa shape index (κ2) is 5.75. The van der Waals surface area contributed by atoms with Crippen molar-refractivity contribution in [3.63, 3.8) is 0 Å². The smallest absolute Gasteiger partial charge is 0.330 e. The summed E-state index contributed by atoms with van der Waals surface area (Å²) in [7, 11) is 0. The minimum atomic E-state index is -0.236. The Balaban J connectivity index is 2.12. The third-order valence-corrected chi connectivity index (χ3v) is 2.12. The molecule has 1 aliphatic rings. The molecule has 0 amide bonds. The summed E-state index contributed by atoms with van der Waals surface area (Å²) < 4.78 is 4.76. The van der Waals surface area contributed by atoms with E-state index in [-0.39, 0.29) is 5.97 Å². The maximum atomic E-state index is 10.9. The second-order valence-corrected chi connectivity index (χ2v) is 3.18. The molecule has 3 heteroatoms. The van der Waals surface area contributed by atoms with Crippen LogP contribution in [0.25, 0.3) is 0 Å². The standard InChI is InChI=1S/C10H17NO2/c1-2-13-10(12)7-3-5-9-6-4-8-11-9/h3,7,9,11H,2,4-6,8H2,1H3/b7-3+. The fraction of sp³-hybridized carbons (Fsp3) is 0.700. The highest BCUT2D eigenvalue weighted by Gasteiger charge is 2.11. The van der Waals surface area contributed by atoms with Crippen molar-refractivity contribution in [1.29, 1.82) is 0 Å². The molecule has 0 spiro atoms. The topological polar surface area (TPSA) is 38.3 Å². The van der Waals surface area contributed by atoms with Gasteiger partial charge >= 0.3 is 5.97 Å². The predicted molar refractivity (Wildman–Crippen MR) is 51.4 cm³/mol. The summed E-state index contributed by atoms with van der Waals surface area (Å²) in [6.07, 6.45) is 6.80. The summed E-state index contributed by atoms with van der Waals surface area (Å²) in [6, 6.07) is 0.561. The summed E-state index contributed by atoms with van der Waals surface area (Å²) in [5.74, 6) is -0.236. The maximum absolute atomic E-state index is 10.9. The number of esters is 1. The molecular weight excluding hydrogens is 166 g/mol. The number of hydrogen-bond donors (Lipinski definition) is 1. The first kappa shape index (κ1) is 10.3. The van der Waals surface area contributed by atoms with Crippen molar-refractivity contribution in [2.75, 3.05) is 13.2 Å². The first-order valence-electron chi connectivity index (χ1n) is 4.89. The molecule has 1 atom stereocenters. The van der Waals surface area contributed by atoms with E-state index in [1.54, 1.807) is 0 Å². The summed E-state index contributed by atoms with van der Waals surface area (Å²) >= 11 is 0. The third kappa shape index (κ3) is 4.08. The van der Waals surface area contributed by atoms with Crippen LogP contribution in [-0.4, -0.2) is 25.2 Å². The third-order valence-electron chi connectivity index (χ3n) is 2.12. The summed E-state index contributed by atoms with van der Waals surface area (Å²) in [4.78, 5) is 10.9. The second-order valence-electron chi connectivity index (χ2n) is 3.18. The van der Waals surface area contributed by atoms with E-state index in [0.29, 0.717) is 12.6 Å². The Morgan fingerprint density at radius 2 is 2.54 bits per heavy atom. The van der Waals surface area contributed by atoms with Crippen molar-refractivity contribution < 1.29 is 9.53 Å². The fourth-order valence-corrected chi connectivity index (χ4v) is 1.48. The van der Waals surface area contributed by atoms with Crippen molar-refractivity contribution >= 4 is 5.97 Å². The number of nitrogens with one attached hydrogen (secondary N) is 1. The highest BCUT2D eigenvalue weighted by atomic mass is 16.5. The minimum Gasteiger partial charge on any atom is -0.463 e. The van der Waals surface area contributed by atoms with E-state index in [1.165, 1.54) is 18.9 Å². The van der Waals surface area contributed by atoms with Crippen LogP contribution >= 0.6 is 0 Å². The maximum Gasteiger partial charge on any atom is 0.330 e. The van der Waals surface area contributed by atoms with Crippen LogP contribution in [0.1, 0.15) is 26.2 Å². The van der Waals surface area contributed by atoms with Gasteiger partial charge < -0.3 is 10.1 Å². The zero-order valence-electron chi connectivity index (χ0n) is 8.08. The van der Waals surface area contributed by atoms with Gasteiger partial charge in [-0.15, -0.1) is 0 Å². The van der Waals surface area contributed by atoms with Crippen LogP contribution in [0.15, 0.2) is 12.2 Å². The molecule has 0 aromatic carbocycles. The molecule has 74 valence electrons. The lowest BCUT2D eigenvalue weighted by Crippen LogP contribution is -2.20. The molecule has 0 aromatic heterocycles. The average Bonchev–Trinajstić information content (AvgIpc) is 2.57. The van der Waals surface area contributed by atoms with Crippen molar-refractivity contribution in [2.24, 2.45) is 0 Å². The van der Waals surface area contributed by atoms with E-state index in [0.717, 1.165) is 13.0 Å². The van der Waals surface area contributed by atoms with Crippen molar-refractivity contribution in [3.05, 3.63) is 12.2 Å². The molecule has 1 saturated heterocycles. The van der Waals surface area contributed by atoms with E-state index in [2.05, 4.69) is 5.32 Å². The zero-order valence-corrected chi connectivity index (χ0v) is 8.08. The Labute approximate surface area is 79.2 Å². The Hall–Kier alpha value is -0.830. The summed E-state index contributed by atoms with van der Waals surface area (Å²) in [5.41, 5.74) is 0. The first-order valence-corrected chi connectivity index (χ1v) is 4.89. The molecule has 1 rings (SSSR count). The van der Waals surface area contributed by atoms with Gasteiger partial charge in [0.1, 0.15) is 0 Å². The molecule has 0 saturated carbocycles. The Bertz CT molecular complexity index is 183. The number of rotatable bonds is 4. The van der Waals surface area contributed by atoms with Crippen LogP contribution in [0.4, 0.5) is 0 Å². The Kier molecular flexibility index (Phi) is 4.54. The lowest BCUT2D eigenvalue weighted by molar-refractivity contribution is -0.137. The number of ether oxygens (including phenoxy) is 1. The molecule has 1 aliphatic heterocycles. The lowest BCUT2D eigenvalue weighted by Gasteiger charge is -2.04. The van der Waals surface area contributed by atoms with E-state index >= 15 is 0 Å². The Morgan fingerprint density at radius 1 is 1.69 bits per heavy atom. The van der Waals surface area contributed by atoms with Crippen molar-refractivity contribution in [2.45, 2.75) is 32.2 Å². The number of hydrogen-bond acceptors (Lipinski definition) is 3. The molecular formula is C10H17NO2. The Morgan fingerprint density at radius 3 is 3.15 bits per heavy atom. The fourth-order valence-electron chi connectivity index (χ4n) is 1.48. The molecule has 0 radical (unpaired) electrons.